The van der Waals surface area contributed by atoms with Crippen LogP contribution in [-0.4, -0.2) is 42.1 Å². The van der Waals surface area contributed by atoms with Crippen LogP contribution in [0.2, 0.25) is 0 Å². The molecule has 150 valence electrons. The van der Waals surface area contributed by atoms with Gasteiger partial charge < -0.3 is 9.84 Å². The maximum atomic E-state index is 14.6. The van der Waals surface area contributed by atoms with E-state index in [0.717, 1.165) is 12.0 Å². The minimum atomic E-state index is -1.86. The van der Waals surface area contributed by atoms with E-state index in [1.165, 1.54) is 18.2 Å². The molecule has 2 heterocycles. The first-order valence-corrected chi connectivity index (χ1v) is 9.10. The highest BCUT2D eigenvalue weighted by molar-refractivity contribution is 6.24. The molecule has 2 N–H and O–H groups in total. The van der Waals surface area contributed by atoms with Crippen LogP contribution in [0.4, 0.5) is 10.1 Å². The minimum Gasteiger partial charge on any atom is -0.468 e. The lowest BCUT2D eigenvalue weighted by atomic mass is 9.79. The van der Waals surface area contributed by atoms with E-state index in [4.69, 9.17) is 4.74 Å². The molecule has 0 bridgehead atoms. The summed E-state index contributed by atoms with van der Waals surface area (Å²) in [7, 11) is 1.13. The molecule has 29 heavy (non-hydrogen) atoms. The van der Waals surface area contributed by atoms with E-state index in [9.17, 15) is 23.9 Å². The standard InChI is InChI=1S/C21H19FN2O5/c1-29-20(28)21(11-25)16-15(17(23-21)13-9-5-6-10-14(13)22)18(26)24(19(16)27)12-7-3-2-4-8-12/h2-10,15-17,23,25H,11H2,1H3/t15-,16+,17+,21+/m0/s1. The van der Waals surface area contributed by atoms with E-state index in [1.54, 1.807) is 36.4 Å². The Bertz CT molecular complexity index is 982. The second-order valence-electron chi connectivity index (χ2n) is 7.12. The Morgan fingerprint density at radius 2 is 1.79 bits per heavy atom. The molecule has 2 aromatic carbocycles. The number of carbonyl (C=O) groups excluding carboxylic acids is 3. The van der Waals surface area contributed by atoms with Crippen molar-refractivity contribution in [2.24, 2.45) is 11.8 Å². The number of benzene rings is 2. The highest BCUT2D eigenvalue weighted by atomic mass is 19.1. The summed E-state index contributed by atoms with van der Waals surface area (Å²) in [6, 6.07) is 13.1. The molecule has 7 nitrogen and oxygen atoms in total. The molecule has 0 aliphatic carbocycles. The number of amides is 2. The zero-order valence-electron chi connectivity index (χ0n) is 15.5. The number of methoxy groups -OCH3 is 1. The maximum Gasteiger partial charge on any atom is 0.329 e. The van der Waals surface area contributed by atoms with E-state index in [2.05, 4.69) is 5.32 Å². The van der Waals surface area contributed by atoms with Crippen LogP contribution in [0.15, 0.2) is 54.6 Å². The summed E-state index contributed by atoms with van der Waals surface area (Å²) in [5, 5.41) is 13.0. The number of para-hydroxylation sites is 1. The molecule has 0 spiro atoms. The lowest BCUT2D eigenvalue weighted by molar-refractivity contribution is -0.154. The monoisotopic (exact) mass is 398 g/mol. The molecule has 2 aliphatic rings. The van der Waals surface area contributed by atoms with Gasteiger partial charge in [-0.25, -0.2) is 14.1 Å². The second kappa shape index (κ2) is 7.06. The van der Waals surface area contributed by atoms with Crippen LogP contribution in [0, 0.1) is 17.7 Å². The Morgan fingerprint density at radius 3 is 2.41 bits per heavy atom. The third-order valence-corrected chi connectivity index (χ3v) is 5.71. The predicted octanol–water partition coefficient (Wildman–Crippen LogP) is 1.18. The third kappa shape index (κ3) is 2.67. The van der Waals surface area contributed by atoms with Gasteiger partial charge in [-0.1, -0.05) is 36.4 Å². The first-order chi connectivity index (χ1) is 14.0. The number of aliphatic hydroxyl groups excluding tert-OH is 1. The van der Waals surface area contributed by atoms with Crippen LogP contribution < -0.4 is 10.2 Å². The van der Waals surface area contributed by atoms with Gasteiger partial charge in [0.1, 0.15) is 5.82 Å². The van der Waals surface area contributed by atoms with Crippen molar-refractivity contribution in [3.05, 3.63) is 66.0 Å². The van der Waals surface area contributed by atoms with E-state index < -0.39 is 53.6 Å². The first kappa shape index (κ1) is 19.2. The van der Waals surface area contributed by atoms with Gasteiger partial charge in [-0.3, -0.25) is 14.9 Å². The molecule has 0 unspecified atom stereocenters. The lowest BCUT2D eigenvalue weighted by Gasteiger charge is -2.30. The first-order valence-electron chi connectivity index (χ1n) is 9.10. The van der Waals surface area contributed by atoms with Gasteiger partial charge in [0, 0.05) is 11.6 Å². The van der Waals surface area contributed by atoms with E-state index in [1.807, 2.05) is 0 Å². The van der Waals surface area contributed by atoms with E-state index >= 15 is 0 Å². The Morgan fingerprint density at radius 1 is 1.14 bits per heavy atom. The van der Waals surface area contributed by atoms with E-state index in [0.29, 0.717) is 5.69 Å². The molecule has 8 heteroatoms. The number of esters is 1. The fraction of sp³-hybridized carbons (Fsp3) is 0.286. The molecule has 2 aliphatic heterocycles. The summed E-state index contributed by atoms with van der Waals surface area (Å²) in [6.07, 6.45) is 0. The Balaban J connectivity index is 1.88. The smallest absolute Gasteiger partial charge is 0.329 e. The SMILES string of the molecule is COC(=O)[C@]1(CO)N[C@H](c2ccccc2F)[C@H]2C(=O)N(c3ccccc3)C(=O)[C@@H]21. The van der Waals surface area contributed by atoms with Crippen LogP contribution in [0.5, 0.6) is 0 Å². The molecule has 0 aromatic heterocycles. The zero-order chi connectivity index (χ0) is 20.8. The summed E-state index contributed by atoms with van der Waals surface area (Å²) in [6.45, 7) is -0.784. The van der Waals surface area contributed by atoms with Crippen LogP contribution in [0.25, 0.3) is 0 Å². The average molecular weight is 398 g/mol. The maximum absolute atomic E-state index is 14.6. The molecule has 0 saturated carbocycles. The highest BCUT2D eigenvalue weighted by Gasteiger charge is 2.69. The van der Waals surface area contributed by atoms with Crippen molar-refractivity contribution < 1.29 is 28.6 Å². The van der Waals surface area contributed by atoms with Crippen molar-refractivity contribution >= 4 is 23.5 Å². The number of aliphatic hydroxyl groups is 1. The minimum absolute atomic E-state index is 0.137. The van der Waals surface area contributed by atoms with Gasteiger partial charge in [0.25, 0.3) is 0 Å². The van der Waals surface area contributed by atoms with Crippen LogP contribution in [0.1, 0.15) is 11.6 Å². The molecular weight excluding hydrogens is 379 g/mol. The number of halogens is 1. The molecule has 0 radical (unpaired) electrons. The predicted molar refractivity (Wildman–Crippen MR) is 100 cm³/mol. The number of nitrogens with one attached hydrogen (secondary N) is 1. The highest BCUT2D eigenvalue weighted by Crippen LogP contribution is 2.50. The molecular formula is C21H19FN2O5. The van der Waals surface area contributed by atoms with Gasteiger partial charge in [0.15, 0.2) is 5.54 Å². The summed E-state index contributed by atoms with van der Waals surface area (Å²) in [5.41, 5.74) is -1.37. The quantitative estimate of drug-likeness (QED) is 0.593. The van der Waals surface area contributed by atoms with Crippen molar-refractivity contribution in [1.29, 1.82) is 0 Å². The molecule has 4 atom stereocenters. The van der Waals surface area contributed by atoms with Crippen molar-refractivity contribution in [3.8, 4) is 0 Å². The molecule has 2 fully saturated rings. The Labute approximate surface area is 166 Å². The zero-order valence-corrected chi connectivity index (χ0v) is 15.5. The van der Waals surface area contributed by atoms with Crippen molar-refractivity contribution in [1.82, 2.24) is 5.32 Å². The van der Waals surface area contributed by atoms with Gasteiger partial charge in [-0.15, -0.1) is 0 Å². The molecule has 2 saturated heterocycles. The van der Waals surface area contributed by atoms with Crippen LogP contribution >= 0.6 is 0 Å². The van der Waals surface area contributed by atoms with Gasteiger partial charge in [-0.2, -0.15) is 0 Å². The number of anilines is 1. The fourth-order valence-corrected chi connectivity index (χ4v) is 4.41. The van der Waals surface area contributed by atoms with Crippen LogP contribution in [-0.2, 0) is 19.1 Å². The van der Waals surface area contributed by atoms with Crippen molar-refractivity contribution in [2.75, 3.05) is 18.6 Å². The van der Waals surface area contributed by atoms with Crippen molar-refractivity contribution in [3.63, 3.8) is 0 Å². The second-order valence-corrected chi connectivity index (χ2v) is 7.12. The van der Waals surface area contributed by atoms with Crippen LogP contribution in [0.3, 0.4) is 0 Å². The fourth-order valence-electron chi connectivity index (χ4n) is 4.41. The summed E-state index contributed by atoms with van der Waals surface area (Å²) < 4.78 is 19.4. The molecule has 4 rings (SSSR count). The normalized spacial score (nSPS) is 28.5. The van der Waals surface area contributed by atoms with Gasteiger partial charge in [0.05, 0.1) is 31.2 Å². The largest absolute Gasteiger partial charge is 0.468 e. The third-order valence-electron chi connectivity index (χ3n) is 5.71. The number of hydrogen-bond acceptors (Lipinski definition) is 6. The summed E-state index contributed by atoms with van der Waals surface area (Å²) in [5.74, 6) is -4.99. The van der Waals surface area contributed by atoms with Gasteiger partial charge in [0.2, 0.25) is 11.8 Å². The van der Waals surface area contributed by atoms with Crippen molar-refractivity contribution in [2.45, 2.75) is 11.6 Å². The molecule has 2 amide bonds. The number of rotatable bonds is 4. The number of imide groups is 1. The summed E-state index contributed by atoms with van der Waals surface area (Å²) in [4.78, 5) is 40.3. The lowest BCUT2D eigenvalue weighted by Crippen LogP contribution is -2.59. The average Bonchev–Trinajstić information content (AvgIpc) is 3.23. The number of hydrogen-bond donors (Lipinski definition) is 2. The van der Waals surface area contributed by atoms with E-state index in [-0.39, 0.29) is 5.56 Å². The van der Waals surface area contributed by atoms with Gasteiger partial charge >= 0.3 is 5.97 Å². The topological polar surface area (TPSA) is 95.9 Å². The Kier molecular flexibility index (Phi) is 4.68. The number of nitrogens with zero attached hydrogens (tertiary/aromatic N) is 1. The van der Waals surface area contributed by atoms with Gasteiger partial charge in [-0.05, 0) is 18.2 Å². The summed E-state index contributed by atoms with van der Waals surface area (Å²) >= 11 is 0. The number of carbonyl (C=O) groups is 3. The number of fused-ring (bicyclic) bond motifs is 1. The number of ether oxygens (including phenoxy) is 1. The Hall–Kier alpha value is -3.10. The molecule has 2 aromatic rings.